The highest BCUT2D eigenvalue weighted by atomic mass is 35.5. The molecular weight excluding hydrogens is 403 g/mol. The standard InChI is InChI=1S/C15H18N6O2.3ClH/c1-17-11-5-6-20(9-11)14-8-13(18-15(16)19-14)10-3-2-4-12(7-10)21(22)23;;;/h2-4,7-8,11,17H,5-6,9H2,1H3,(H2,16,18,19);3*1H/t11-;;;/m0.../s1. The highest BCUT2D eigenvalue weighted by Gasteiger charge is 2.23. The Kier molecular flexibility index (Phi) is 9.58. The molecule has 1 saturated heterocycles. The van der Waals surface area contributed by atoms with Crippen LogP contribution in [0.2, 0.25) is 0 Å². The molecule has 0 bridgehead atoms. The number of nitrogens with one attached hydrogen (secondary N) is 1. The molecule has 0 saturated carbocycles. The van der Waals surface area contributed by atoms with Gasteiger partial charge in [-0.15, -0.1) is 37.2 Å². The molecule has 1 fully saturated rings. The predicted octanol–water partition coefficient (Wildman–Crippen LogP) is 2.70. The predicted molar refractivity (Wildman–Crippen MR) is 110 cm³/mol. The number of rotatable bonds is 4. The second-order valence-corrected chi connectivity index (χ2v) is 5.50. The molecule has 1 aromatic heterocycles. The normalized spacial score (nSPS) is 15.4. The zero-order chi connectivity index (χ0) is 16.4. The van der Waals surface area contributed by atoms with Crippen molar-refractivity contribution in [3.63, 3.8) is 0 Å². The van der Waals surface area contributed by atoms with Gasteiger partial charge in [-0.3, -0.25) is 10.1 Å². The van der Waals surface area contributed by atoms with E-state index >= 15 is 0 Å². The van der Waals surface area contributed by atoms with E-state index in [4.69, 9.17) is 5.73 Å². The van der Waals surface area contributed by atoms with Crippen molar-refractivity contribution in [2.75, 3.05) is 30.8 Å². The SMILES string of the molecule is CN[C@H]1CCN(c2cc(-c3cccc([N+](=O)[O-])c3)nc(N)n2)C1.Cl.Cl.Cl. The number of hydrogen-bond acceptors (Lipinski definition) is 7. The van der Waals surface area contributed by atoms with E-state index in [9.17, 15) is 10.1 Å². The van der Waals surface area contributed by atoms with Crippen LogP contribution in [0.1, 0.15) is 6.42 Å². The summed E-state index contributed by atoms with van der Waals surface area (Å²) in [6, 6.07) is 8.61. The quantitative estimate of drug-likeness (QED) is 0.574. The molecule has 0 radical (unpaired) electrons. The summed E-state index contributed by atoms with van der Waals surface area (Å²) in [6.45, 7) is 1.73. The van der Waals surface area contributed by atoms with Crippen molar-refractivity contribution in [1.29, 1.82) is 0 Å². The molecule has 26 heavy (non-hydrogen) atoms. The maximum atomic E-state index is 10.9. The molecule has 2 aromatic rings. The van der Waals surface area contributed by atoms with Gasteiger partial charge in [-0.05, 0) is 13.5 Å². The van der Waals surface area contributed by atoms with Crippen LogP contribution in [0.25, 0.3) is 11.3 Å². The molecule has 0 aliphatic carbocycles. The van der Waals surface area contributed by atoms with Crippen LogP contribution < -0.4 is 16.0 Å². The lowest BCUT2D eigenvalue weighted by atomic mass is 10.1. The number of halogens is 3. The average molecular weight is 424 g/mol. The van der Waals surface area contributed by atoms with Gasteiger partial charge < -0.3 is 16.0 Å². The first-order valence-electron chi connectivity index (χ1n) is 7.38. The Morgan fingerprint density at radius 2 is 2.00 bits per heavy atom. The van der Waals surface area contributed by atoms with Gasteiger partial charge in [-0.2, -0.15) is 4.98 Å². The molecule has 0 amide bonds. The summed E-state index contributed by atoms with van der Waals surface area (Å²) in [7, 11) is 1.94. The van der Waals surface area contributed by atoms with Crippen molar-refractivity contribution >= 4 is 54.7 Å². The van der Waals surface area contributed by atoms with E-state index in [0.717, 1.165) is 25.3 Å². The van der Waals surface area contributed by atoms with E-state index in [1.165, 1.54) is 12.1 Å². The van der Waals surface area contributed by atoms with E-state index in [-0.39, 0.29) is 48.9 Å². The van der Waals surface area contributed by atoms with Crippen LogP contribution in [0, 0.1) is 10.1 Å². The van der Waals surface area contributed by atoms with Crippen LogP contribution in [0.5, 0.6) is 0 Å². The van der Waals surface area contributed by atoms with Crippen LogP contribution in [0.15, 0.2) is 30.3 Å². The molecule has 2 heterocycles. The number of aromatic nitrogens is 2. The first kappa shape index (κ1) is 24.1. The third-order valence-corrected chi connectivity index (χ3v) is 4.00. The summed E-state index contributed by atoms with van der Waals surface area (Å²) in [5.74, 6) is 0.911. The van der Waals surface area contributed by atoms with Crippen molar-refractivity contribution in [2.24, 2.45) is 0 Å². The molecule has 3 rings (SSSR count). The van der Waals surface area contributed by atoms with Gasteiger partial charge in [0.15, 0.2) is 0 Å². The fourth-order valence-electron chi connectivity index (χ4n) is 2.75. The zero-order valence-electron chi connectivity index (χ0n) is 14.0. The molecular formula is C15H21Cl3N6O2. The van der Waals surface area contributed by atoms with E-state index < -0.39 is 4.92 Å². The van der Waals surface area contributed by atoms with Gasteiger partial charge in [0, 0.05) is 42.9 Å². The summed E-state index contributed by atoms with van der Waals surface area (Å²) in [5, 5.41) is 14.2. The second-order valence-electron chi connectivity index (χ2n) is 5.50. The minimum Gasteiger partial charge on any atom is -0.368 e. The highest BCUT2D eigenvalue weighted by molar-refractivity contribution is 5.86. The molecule has 1 atom stereocenters. The third-order valence-electron chi connectivity index (χ3n) is 4.00. The molecule has 144 valence electrons. The Labute approximate surface area is 170 Å². The van der Waals surface area contributed by atoms with Gasteiger partial charge in [0.1, 0.15) is 5.82 Å². The molecule has 0 spiro atoms. The minimum atomic E-state index is -0.424. The number of likely N-dealkylation sites (N-methyl/N-ethyl adjacent to an activating group) is 1. The van der Waals surface area contributed by atoms with E-state index in [1.54, 1.807) is 12.1 Å². The van der Waals surface area contributed by atoms with Gasteiger partial charge in [-0.1, -0.05) is 12.1 Å². The van der Waals surface area contributed by atoms with Crippen LogP contribution in [-0.4, -0.2) is 41.1 Å². The Morgan fingerprint density at radius 3 is 2.62 bits per heavy atom. The fourth-order valence-corrected chi connectivity index (χ4v) is 2.75. The first-order chi connectivity index (χ1) is 11.1. The monoisotopic (exact) mass is 422 g/mol. The van der Waals surface area contributed by atoms with Gasteiger partial charge in [0.2, 0.25) is 5.95 Å². The van der Waals surface area contributed by atoms with Crippen LogP contribution in [0.3, 0.4) is 0 Å². The third kappa shape index (κ3) is 5.31. The van der Waals surface area contributed by atoms with Crippen molar-refractivity contribution < 1.29 is 4.92 Å². The van der Waals surface area contributed by atoms with Gasteiger partial charge in [0.05, 0.1) is 10.6 Å². The molecule has 1 aromatic carbocycles. The van der Waals surface area contributed by atoms with Gasteiger partial charge >= 0.3 is 0 Å². The smallest absolute Gasteiger partial charge is 0.270 e. The summed E-state index contributed by atoms with van der Waals surface area (Å²) < 4.78 is 0. The Balaban J connectivity index is 0.00000208. The lowest BCUT2D eigenvalue weighted by Crippen LogP contribution is -2.30. The van der Waals surface area contributed by atoms with Gasteiger partial charge in [0.25, 0.3) is 5.69 Å². The molecule has 8 nitrogen and oxygen atoms in total. The highest BCUT2D eigenvalue weighted by Crippen LogP contribution is 2.27. The number of nitrogens with zero attached hydrogens (tertiary/aromatic N) is 4. The fraction of sp³-hybridized carbons (Fsp3) is 0.333. The summed E-state index contributed by atoms with van der Waals surface area (Å²) in [5.41, 5.74) is 7.10. The number of nitrogen functional groups attached to an aromatic ring is 1. The zero-order valence-corrected chi connectivity index (χ0v) is 16.4. The topological polar surface area (TPSA) is 110 Å². The molecule has 11 heteroatoms. The first-order valence-corrected chi connectivity index (χ1v) is 7.38. The number of hydrogen-bond donors (Lipinski definition) is 2. The average Bonchev–Trinajstić information content (AvgIpc) is 3.03. The van der Waals surface area contributed by atoms with E-state index in [2.05, 4.69) is 20.2 Å². The number of nitro groups is 1. The Bertz CT molecular complexity index is 749. The van der Waals surface area contributed by atoms with E-state index in [1.807, 2.05) is 13.1 Å². The molecule has 0 unspecified atom stereocenters. The maximum Gasteiger partial charge on any atom is 0.270 e. The summed E-state index contributed by atoms with van der Waals surface area (Å²) >= 11 is 0. The number of non-ortho nitro benzene ring substituents is 1. The van der Waals surface area contributed by atoms with Crippen molar-refractivity contribution in [1.82, 2.24) is 15.3 Å². The lowest BCUT2D eigenvalue weighted by molar-refractivity contribution is -0.384. The maximum absolute atomic E-state index is 10.9. The minimum absolute atomic E-state index is 0. The summed E-state index contributed by atoms with van der Waals surface area (Å²) in [6.07, 6.45) is 1.03. The van der Waals surface area contributed by atoms with Crippen LogP contribution in [0.4, 0.5) is 17.5 Å². The molecule has 3 N–H and O–H groups in total. The Hall–Kier alpha value is -1.87. The number of nitro benzene ring substituents is 1. The Morgan fingerprint density at radius 1 is 1.27 bits per heavy atom. The molecule has 1 aliphatic rings. The largest absolute Gasteiger partial charge is 0.368 e. The van der Waals surface area contributed by atoms with Crippen molar-refractivity contribution in [3.8, 4) is 11.3 Å². The lowest BCUT2D eigenvalue weighted by Gasteiger charge is -2.18. The molecule has 1 aliphatic heterocycles. The summed E-state index contributed by atoms with van der Waals surface area (Å²) in [4.78, 5) is 21.2. The van der Waals surface area contributed by atoms with Crippen LogP contribution >= 0.6 is 37.2 Å². The second kappa shape index (κ2) is 10.3. The number of anilines is 2. The number of benzene rings is 1. The van der Waals surface area contributed by atoms with Crippen molar-refractivity contribution in [2.45, 2.75) is 12.5 Å². The van der Waals surface area contributed by atoms with Crippen LogP contribution in [-0.2, 0) is 0 Å². The number of nitrogens with two attached hydrogens (primary N) is 1. The van der Waals surface area contributed by atoms with Gasteiger partial charge in [-0.25, -0.2) is 4.98 Å². The van der Waals surface area contributed by atoms with Crippen molar-refractivity contribution in [3.05, 3.63) is 40.4 Å². The van der Waals surface area contributed by atoms with E-state index in [0.29, 0.717) is 17.3 Å².